The summed E-state index contributed by atoms with van der Waals surface area (Å²) in [5.41, 5.74) is 1.63. The van der Waals surface area contributed by atoms with Gasteiger partial charge in [0, 0.05) is 32.4 Å². The van der Waals surface area contributed by atoms with Crippen LogP contribution >= 0.6 is 0 Å². The number of carbonyl (C=O) groups is 1. The first-order chi connectivity index (χ1) is 13.3. The third-order valence-corrected chi connectivity index (χ3v) is 4.81. The van der Waals surface area contributed by atoms with E-state index in [0.29, 0.717) is 31.9 Å². The van der Waals surface area contributed by atoms with Crippen LogP contribution in [0.1, 0.15) is 22.8 Å². The lowest BCUT2D eigenvalue weighted by atomic mass is 10.1. The molecule has 3 heterocycles. The molecule has 0 saturated carbocycles. The van der Waals surface area contributed by atoms with Crippen LogP contribution < -0.4 is 14.4 Å². The Bertz CT molecular complexity index is 821. The minimum Gasteiger partial charge on any atom is -0.454 e. The molecular formula is C20H23N3O4. The molecule has 0 N–H and O–H groups in total. The molecule has 1 saturated heterocycles. The number of amides is 1. The number of rotatable bonds is 5. The fourth-order valence-corrected chi connectivity index (χ4v) is 3.35. The van der Waals surface area contributed by atoms with E-state index in [-0.39, 0.29) is 12.7 Å². The lowest BCUT2D eigenvalue weighted by molar-refractivity contribution is 0.0751. The lowest BCUT2D eigenvalue weighted by Crippen LogP contribution is -2.39. The van der Waals surface area contributed by atoms with Crippen molar-refractivity contribution in [1.82, 2.24) is 9.88 Å². The molecule has 0 atom stereocenters. The number of benzene rings is 1. The standard InChI is InChI=1S/C20H23N3O4/c1-2-22(13-15-5-6-17-18(12-15)27-14-26-17)20(24)16-4-3-7-21-19(16)23-8-10-25-11-9-23/h3-7,12H,2,8-11,13-14H2,1H3. The highest BCUT2D eigenvalue weighted by molar-refractivity contribution is 5.98. The van der Waals surface area contributed by atoms with Gasteiger partial charge in [-0.05, 0) is 36.8 Å². The van der Waals surface area contributed by atoms with Gasteiger partial charge in [-0.1, -0.05) is 6.07 Å². The number of ether oxygens (including phenoxy) is 3. The molecule has 0 aliphatic carbocycles. The Morgan fingerprint density at radius 3 is 2.81 bits per heavy atom. The van der Waals surface area contributed by atoms with Gasteiger partial charge in [-0.2, -0.15) is 0 Å². The number of anilines is 1. The summed E-state index contributed by atoms with van der Waals surface area (Å²) in [5, 5.41) is 0. The molecule has 2 aliphatic rings. The number of carbonyl (C=O) groups excluding carboxylic acids is 1. The van der Waals surface area contributed by atoms with Crippen LogP contribution in [0.4, 0.5) is 5.82 Å². The summed E-state index contributed by atoms with van der Waals surface area (Å²) >= 11 is 0. The first-order valence-corrected chi connectivity index (χ1v) is 9.22. The van der Waals surface area contributed by atoms with Crippen LogP contribution in [0.25, 0.3) is 0 Å². The summed E-state index contributed by atoms with van der Waals surface area (Å²) in [7, 11) is 0. The Morgan fingerprint density at radius 1 is 1.19 bits per heavy atom. The predicted octanol–water partition coefficient (Wildman–Crippen LogP) is 2.31. The van der Waals surface area contributed by atoms with Gasteiger partial charge in [0.15, 0.2) is 11.5 Å². The molecule has 2 aliphatic heterocycles. The molecule has 1 aromatic heterocycles. The number of morpholine rings is 1. The van der Waals surface area contributed by atoms with E-state index in [4.69, 9.17) is 14.2 Å². The highest BCUT2D eigenvalue weighted by atomic mass is 16.7. The summed E-state index contributed by atoms with van der Waals surface area (Å²) in [5.74, 6) is 2.18. The predicted molar refractivity (Wildman–Crippen MR) is 100 cm³/mol. The molecule has 0 bridgehead atoms. The van der Waals surface area contributed by atoms with E-state index >= 15 is 0 Å². The second kappa shape index (κ2) is 7.84. The lowest BCUT2D eigenvalue weighted by Gasteiger charge is -2.30. The zero-order valence-corrected chi connectivity index (χ0v) is 15.4. The van der Waals surface area contributed by atoms with E-state index in [1.54, 1.807) is 6.20 Å². The summed E-state index contributed by atoms with van der Waals surface area (Å²) in [4.78, 5) is 21.7. The fraction of sp³-hybridized carbons (Fsp3) is 0.400. The van der Waals surface area contributed by atoms with Gasteiger partial charge in [0.05, 0.1) is 18.8 Å². The van der Waals surface area contributed by atoms with Gasteiger partial charge in [-0.3, -0.25) is 4.79 Å². The van der Waals surface area contributed by atoms with Gasteiger partial charge < -0.3 is 24.0 Å². The number of fused-ring (bicyclic) bond motifs is 1. The zero-order chi connectivity index (χ0) is 18.6. The summed E-state index contributed by atoms with van der Waals surface area (Å²) in [6.45, 7) is 6.12. The van der Waals surface area contributed by atoms with Crippen molar-refractivity contribution in [1.29, 1.82) is 0 Å². The molecule has 7 nitrogen and oxygen atoms in total. The Morgan fingerprint density at radius 2 is 2.00 bits per heavy atom. The maximum atomic E-state index is 13.2. The van der Waals surface area contributed by atoms with Crippen LogP contribution in [0.15, 0.2) is 36.5 Å². The number of hydrogen-bond donors (Lipinski definition) is 0. The molecular weight excluding hydrogens is 346 g/mol. The fourth-order valence-electron chi connectivity index (χ4n) is 3.35. The van der Waals surface area contributed by atoms with Crippen molar-refractivity contribution in [3.63, 3.8) is 0 Å². The van der Waals surface area contributed by atoms with Crippen molar-refractivity contribution in [2.45, 2.75) is 13.5 Å². The maximum absolute atomic E-state index is 13.2. The Hall–Kier alpha value is -2.80. The van der Waals surface area contributed by atoms with E-state index in [2.05, 4.69) is 9.88 Å². The number of nitrogens with zero attached hydrogens (tertiary/aromatic N) is 3. The topological polar surface area (TPSA) is 64.1 Å². The summed E-state index contributed by atoms with van der Waals surface area (Å²) < 4.78 is 16.2. The number of aromatic nitrogens is 1. The monoisotopic (exact) mass is 369 g/mol. The molecule has 27 heavy (non-hydrogen) atoms. The average molecular weight is 369 g/mol. The Labute approximate surface area is 158 Å². The van der Waals surface area contributed by atoms with Crippen molar-refractivity contribution in [2.24, 2.45) is 0 Å². The first kappa shape index (κ1) is 17.6. The third-order valence-electron chi connectivity index (χ3n) is 4.81. The van der Waals surface area contributed by atoms with E-state index in [0.717, 1.165) is 36.0 Å². The molecule has 0 unspecified atom stereocenters. The van der Waals surface area contributed by atoms with Crippen molar-refractivity contribution >= 4 is 11.7 Å². The number of hydrogen-bond acceptors (Lipinski definition) is 6. The van der Waals surface area contributed by atoms with E-state index in [9.17, 15) is 4.79 Å². The smallest absolute Gasteiger partial charge is 0.257 e. The Kier molecular flexibility index (Phi) is 5.11. The van der Waals surface area contributed by atoms with Crippen molar-refractivity contribution in [2.75, 3.05) is 44.5 Å². The van der Waals surface area contributed by atoms with E-state index in [1.807, 2.05) is 42.2 Å². The van der Waals surface area contributed by atoms with Gasteiger partial charge in [0.1, 0.15) is 5.82 Å². The second-order valence-corrected chi connectivity index (χ2v) is 6.48. The van der Waals surface area contributed by atoms with Crippen LogP contribution in [-0.2, 0) is 11.3 Å². The van der Waals surface area contributed by atoms with Gasteiger partial charge >= 0.3 is 0 Å². The molecule has 0 radical (unpaired) electrons. The molecule has 7 heteroatoms. The normalized spacial score (nSPS) is 15.7. The van der Waals surface area contributed by atoms with Crippen molar-refractivity contribution in [3.8, 4) is 11.5 Å². The second-order valence-electron chi connectivity index (χ2n) is 6.48. The van der Waals surface area contributed by atoms with E-state index < -0.39 is 0 Å². The van der Waals surface area contributed by atoms with Crippen LogP contribution in [0.5, 0.6) is 11.5 Å². The SMILES string of the molecule is CCN(Cc1ccc2c(c1)OCO2)C(=O)c1cccnc1N1CCOCC1. The molecule has 2 aromatic rings. The molecule has 1 fully saturated rings. The van der Waals surface area contributed by atoms with Gasteiger partial charge in [-0.15, -0.1) is 0 Å². The van der Waals surface area contributed by atoms with Crippen LogP contribution in [-0.4, -0.2) is 55.4 Å². The molecule has 142 valence electrons. The van der Waals surface area contributed by atoms with Crippen molar-refractivity contribution < 1.29 is 19.0 Å². The third kappa shape index (κ3) is 3.68. The molecule has 4 rings (SSSR count). The average Bonchev–Trinajstić information content (AvgIpc) is 3.20. The van der Waals surface area contributed by atoms with Crippen LogP contribution in [0.2, 0.25) is 0 Å². The van der Waals surface area contributed by atoms with Crippen LogP contribution in [0, 0.1) is 0 Å². The Balaban J connectivity index is 1.55. The minimum absolute atomic E-state index is 0.0234. The van der Waals surface area contributed by atoms with Crippen molar-refractivity contribution in [3.05, 3.63) is 47.7 Å². The maximum Gasteiger partial charge on any atom is 0.257 e. The zero-order valence-electron chi connectivity index (χ0n) is 15.4. The largest absolute Gasteiger partial charge is 0.454 e. The minimum atomic E-state index is -0.0234. The highest BCUT2D eigenvalue weighted by Gasteiger charge is 2.24. The summed E-state index contributed by atoms with van der Waals surface area (Å²) in [6, 6.07) is 9.45. The van der Waals surface area contributed by atoms with Gasteiger partial charge in [-0.25, -0.2) is 4.98 Å². The molecule has 0 spiro atoms. The highest BCUT2D eigenvalue weighted by Crippen LogP contribution is 2.33. The van der Waals surface area contributed by atoms with Crippen LogP contribution in [0.3, 0.4) is 0 Å². The molecule has 1 amide bonds. The van der Waals surface area contributed by atoms with Gasteiger partial charge in [0.25, 0.3) is 5.91 Å². The van der Waals surface area contributed by atoms with E-state index in [1.165, 1.54) is 0 Å². The van der Waals surface area contributed by atoms with Gasteiger partial charge in [0.2, 0.25) is 6.79 Å². The summed E-state index contributed by atoms with van der Waals surface area (Å²) in [6.07, 6.45) is 1.73. The number of pyridine rings is 1. The first-order valence-electron chi connectivity index (χ1n) is 9.22. The molecule has 1 aromatic carbocycles. The quantitative estimate of drug-likeness (QED) is 0.806.